The molecular weight excluding hydrogens is 386 g/mol. The number of likely N-dealkylation sites (tertiary alicyclic amines) is 2. The summed E-state index contributed by atoms with van der Waals surface area (Å²) in [7, 11) is 1.72. The van der Waals surface area contributed by atoms with Gasteiger partial charge in [-0.3, -0.25) is 9.80 Å². The van der Waals surface area contributed by atoms with Crippen LogP contribution in [0.15, 0.2) is 0 Å². The highest BCUT2D eigenvalue weighted by Gasteiger charge is 2.38. The molecule has 2 aliphatic heterocycles. The van der Waals surface area contributed by atoms with Crippen molar-refractivity contribution in [1.29, 1.82) is 0 Å². The minimum Gasteiger partial charge on any atom is -0.382 e. The Bertz CT molecular complexity index is 456. The van der Waals surface area contributed by atoms with E-state index >= 15 is 0 Å². The van der Waals surface area contributed by atoms with Crippen LogP contribution < -0.4 is 0 Å². The Hall–Kier alpha value is -0.670. The zero-order valence-corrected chi connectivity index (χ0v) is 20.5. The van der Waals surface area contributed by atoms with Gasteiger partial charge in [-0.25, -0.2) is 6.57 Å². The van der Waals surface area contributed by atoms with Crippen LogP contribution in [0, 0.1) is 18.4 Å². The van der Waals surface area contributed by atoms with Crippen molar-refractivity contribution < 1.29 is 9.47 Å². The monoisotopic (exact) mass is 441 g/mol. The highest BCUT2D eigenvalue weighted by molar-refractivity contribution is 4.97. The molecule has 2 rings (SSSR count). The second-order valence-electron chi connectivity index (χ2n) is 9.94. The lowest BCUT2D eigenvalue weighted by molar-refractivity contribution is 0.0208. The summed E-state index contributed by atoms with van der Waals surface area (Å²) < 4.78 is 10.8. The molecule has 0 bridgehead atoms. The molecule has 0 unspecified atom stereocenters. The Balaban J connectivity index is 0. The highest BCUT2D eigenvalue weighted by Crippen LogP contribution is 2.28. The van der Waals surface area contributed by atoms with E-state index in [9.17, 15) is 0 Å². The Labute approximate surface area is 195 Å². The van der Waals surface area contributed by atoms with Crippen LogP contribution in [0.5, 0.6) is 0 Å². The summed E-state index contributed by atoms with van der Waals surface area (Å²) in [4.78, 5) is 8.71. The van der Waals surface area contributed by atoms with Gasteiger partial charge in [0, 0.05) is 44.2 Å². The number of hydrogen-bond donors (Lipinski definition) is 0. The van der Waals surface area contributed by atoms with E-state index in [0.29, 0.717) is 48.7 Å². The molecule has 2 aliphatic rings. The third-order valence-corrected chi connectivity index (χ3v) is 6.40. The smallest absolute Gasteiger partial charge is 0.237 e. The quantitative estimate of drug-likeness (QED) is 0.349. The zero-order chi connectivity index (χ0) is 22.1. The van der Waals surface area contributed by atoms with Gasteiger partial charge in [-0.1, -0.05) is 42.5 Å². The molecule has 31 heavy (non-hydrogen) atoms. The average Bonchev–Trinajstić information content (AvgIpc) is 3.27. The van der Waals surface area contributed by atoms with Crippen LogP contribution in [0.2, 0.25) is 0 Å². The third-order valence-electron chi connectivity index (χ3n) is 6.40. The summed E-state index contributed by atoms with van der Waals surface area (Å²) in [5.41, 5.74) is 0. The number of nitrogens with zero attached hydrogens (tertiary/aromatic N) is 3. The first-order chi connectivity index (χ1) is 13.6. The minimum absolute atomic E-state index is 0. The molecule has 5 nitrogen and oxygen atoms in total. The summed E-state index contributed by atoms with van der Waals surface area (Å²) >= 11 is 0. The van der Waals surface area contributed by atoms with E-state index in [0.717, 1.165) is 26.1 Å². The van der Waals surface area contributed by atoms with Crippen molar-refractivity contribution in [1.82, 2.24) is 9.80 Å². The SMILES string of the molecule is C.C.COCCO[C@H]1C[C@@H](C(C)C)N(C(C)C)C1.[C-]#[N+][C@H]1C[C@@H](C(C)C)N(C(C)C)C1. The molecule has 0 aliphatic carbocycles. The van der Waals surface area contributed by atoms with Crippen LogP contribution in [0.4, 0.5) is 0 Å². The van der Waals surface area contributed by atoms with Crippen molar-refractivity contribution in [3.8, 4) is 0 Å². The van der Waals surface area contributed by atoms with E-state index in [2.05, 4.69) is 70.0 Å². The lowest BCUT2D eigenvalue weighted by Crippen LogP contribution is -2.38. The molecule has 0 aromatic heterocycles. The van der Waals surface area contributed by atoms with Crippen LogP contribution in [0.3, 0.4) is 0 Å². The first kappa shape index (κ1) is 32.5. The molecule has 0 radical (unpaired) electrons. The molecule has 2 fully saturated rings. The minimum atomic E-state index is 0. The van der Waals surface area contributed by atoms with Crippen LogP contribution in [-0.2, 0) is 9.47 Å². The number of hydrogen-bond acceptors (Lipinski definition) is 4. The normalized spacial score (nSPS) is 26.6. The summed E-state index contributed by atoms with van der Waals surface area (Å²) in [5, 5.41) is 0. The summed E-state index contributed by atoms with van der Waals surface area (Å²) in [6.07, 6.45) is 2.63. The van der Waals surface area contributed by atoms with E-state index in [4.69, 9.17) is 16.0 Å². The van der Waals surface area contributed by atoms with E-state index < -0.39 is 0 Å². The lowest BCUT2D eigenvalue weighted by Gasteiger charge is -2.30. The fourth-order valence-electron chi connectivity index (χ4n) is 4.73. The number of ether oxygens (including phenoxy) is 2. The molecule has 186 valence electrons. The molecule has 0 aromatic rings. The Morgan fingerprint density at radius 2 is 1.29 bits per heavy atom. The van der Waals surface area contributed by atoms with E-state index in [-0.39, 0.29) is 20.9 Å². The molecule has 4 atom stereocenters. The summed E-state index contributed by atoms with van der Waals surface area (Å²) in [5.74, 6) is 1.38. The van der Waals surface area contributed by atoms with Gasteiger partial charge in [-0.05, 0) is 46.0 Å². The Morgan fingerprint density at radius 1 is 0.806 bits per heavy atom. The van der Waals surface area contributed by atoms with E-state index in [1.54, 1.807) is 7.11 Å². The fourth-order valence-corrected chi connectivity index (χ4v) is 4.73. The van der Waals surface area contributed by atoms with Crippen molar-refractivity contribution >= 4 is 0 Å². The predicted molar refractivity (Wildman–Crippen MR) is 136 cm³/mol. The first-order valence-electron chi connectivity index (χ1n) is 11.6. The van der Waals surface area contributed by atoms with Gasteiger partial charge in [0.05, 0.1) is 25.9 Å². The molecule has 2 heterocycles. The van der Waals surface area contributed by atoms with Crippen molar-refractivity contribution in [3.05, 3.63) is 11.4 Å². The predicted octanol–water partition coefficient (Wildman–Crippen LogP) is 5.84. The Morgan fingerprint density at radius 3 is 1.65 bits per heavy atom. The van der Waals surface area contributed by atoms with Gasteiger partial charge < -0.3 is 14.3 Å². The van der Waals surface area contributed by atoms with Gasteiger partial charge in [-0.15, -0.1) is 0 Å². The summed E-state index contributed by atoms with van der Waals surface area (Å²) in [6.45, 7) is 28.6. The summed E-state index contributed by atoms with van der Waals surface area (Å²) in [6, 6.07) is 2.74. The molecule has 0 spiro atoms. The molecule has 5 heteroatoms. The van der Waals surface area contributed by atoms with Gasteiger partial charge in [-0.2, -0.15) is 0 Å². The van der Waals surface area contributed by atoms with Crippen LogP contribution >= 0.6 is 0 Å². The molecule has 0 N–H and O–H groups in total. The zero-order valence-electron chi connectivity index (χ0n) is 20.5. The standard InChI is InChI=1S/C13H27NO2.C11H20N2.2CH4/c1-10(2)13-8-12(16-7-6-15-5)9-14(13)11(3)4;1-8(2)11-6-10(12-5)7-13(11)9(3)4;;/h10-13H,6-9H2,1-5H3;8-11H,6-7H2,1-4H3;2*1H4/t12-,13-;10-,11-;;/m00../s1. The Kier molecular flexibility index (Phi) is 16.8. The average molecular weight is 442 g/mol. The van der Waals surface area contributed by atoms with Crippen molar-refractivity contribution in [2.24, 2.45) is 11.8 Å². The largest absolute Gasteiger partial charge is 0.382 e. The molecule has 0 saturated carbocycles. The second kappa shape index (κ2) is 16.0. The fraction of sp³-hybridized carbons (Fsp3) is 0.962. The number of rotatable bonds is 8. The van der Waals surface area contributed by atoms with E-state index in [1.807, 2.05) is 0 Å². The van der Waals surface area contributed by atoms with Gasteiger partial charge >= 0.3 is 0 Å². The topological polar surface area (TPSA) is 29.3 Å². The molecular formula is C26H55N3O2. The highest BCUT2D eigenvalue weighted by atomic mass is 16.5. The third kappa shape index (κ3) is 10.2. The van der Waals surface area contributed by atoms with Gasteiger partial charge in [0.15, 0.2) is 0 Å². The lowest BCUT2D eigenvalue weighted by atomic mass is 10.0. The van der Waals surface area contributed by atoms with Gasteiger partial charge in [0.25, 0.3) is 0 Å². The van der Waals surface area contributed by atoms with Crippen molar-refractivity contribution in [3.63, 3.8) is 0 Å². The molecule has 0 amide bonds. The van der Waals surface area contributed by atoms with Gasteiger partial charge in [0.2, 0.25) is 6.04 Å². The van der Waals surface area contributed by atoms with Crippen LogP contribution in [0.25, 0.3) is 4.85 Å². The maximum absolute atomic E-state index is 7.06. The van der Waals surface area contributed by atoms with Crippen LogP contribution in [-0.4, -0.2) is 79.5 Å². The molecule has 0 aromatic carbocycles. The van der Waals surface area contributed by atoms with E-state index in [1.165, 1.54) is 6.42 Å². The van der Waals surface area contributed by atoms with Crippen molar-refractivity contribution in [2.75, 3.05) is 33.4 Å². The number of methoxy groups -OCH3 is 1. The van der Waals surface area contributed by atoms with Gasteiger partial charge in [0.1, 0.15) is 0 Å². The maximum atomic E-state index is 7.06. The first-order valence-corrected chi connectivity index (χ1v) is 11.6. The second-order valence-corrected chi connectivity index (χ2v) is 9.94. The molecule has 2 saturated heterocycles. The van der Waals surface area contributed by atoms with Crippen molar-refractivity contribution in [2.45, 2.75) is 119 Å². The van der Waals surface area contributed by atoms with Crippen LogP contribution in [0.1, 0.15) is 83.1 Å². The maximum Gasteiger partial charge on any atom is 0.237 e.